The van der Waals surface area contributed by atoms with Crippen molar-refractivity contribution in [1.82, 2.24) is 20.0 Å². The lowest BCUT2D eigenvalue weighted by molar-refractivity contribution is -0.140. The van der Waals surface area contributed by atoms with Crippen molar-refractivity contribution in [2.75, 3.05) is 18.7 Å². The van der Waals surface area contributed by atoms with E-state index in [4.69, 9.17) is 0 Å². The lowest BCUT2D eigenvalue weighted by Gasteiger charge is -2.14. The van der Waals surface area contributed by atoms with E-state index in [9.17, 15) is 14.4 Å². The molecule has 0 unspecified atom stereocenters. The summed E-state index contributed by atoms with van der Waals surface area (Å²) in [7, 11) is 1.24. The van der Waals surface area contributed by atoms with Crippen molar-refractivity contribution >= 4 is 11.9 Å². The lowest BCUT2D eigenvalue weighted by Crippen LogP contribution is -2.41. The summed E-state index contributed by atoms with van der Waals surface area (Å²) in [6.07, 6.45) is 3.39. The highest BCUT2D eigenvalue weighted by molar-refractivity contribution is 5.68. The number of hydrogen-bond donors (Lipinski definition) is 2. The number of carbonyl (C=O) groups excluding carboxylic acids is 1. The Hall–Kier alpha value is -2.42. The molecular weight excluding hydrogens is 254 g/mol. The quantitative estimate of drug-likeness (QED) is 0.628. The topological polar surface area (TPSA) is 109 Å². The molecule has 2 heterocycles. The van der Waals surface area contributed by atoms with Gasteiger partial charge in [0.15, 0.2) is 0 Å². The van der Waals surface area contributed by atoms with Gasteiger partial charge >= 0.3 is 17.3 Å². The molecule has 0 saturated heterocycles. The van der Waals surface area contributed by atoms with Gasteiger partial charge in [-0.05, 0) is 0 Å². The molecule has 0 spiro atoms. The molecule has 9 heteroatoms. The fraction of sp³-hybridized carbons (Fsp3) is 0.400. The second-order valence-corrected chi connectivity index (χ2v) is 3.74. The average molecular weight is 267 g/mol. The smallest absolute Gasteiger partial charge is 0.354 e. The zero-order valence-electron chi connectivity index (χ0n) is 10.3. The molecule has 0 fully saturated rings. The summed E-state index contributed by atoms with van der Waals surface area (Å²) in [6.45, 7) is 0.520. The van der Waals surface area contributed by atoms with Crippen molar-refractivity contribution < 1.29 is 9.53 Å². The molecule has 102 valence electrons. The SMILES string of the molecule is COC(=O)CCn1c(=O)nc(N2C=CCN2)[nH]c1=O. The van der Waals surface area contributed by atoms with Crippen molar-refractivity contribution in [2.45, 2.75) is 13.0 Å². The van der Waals surface area contributed by atoms with Crippen LogP contribution in [0.4, 0.5) is 5.95 Å². The summed E-state index contributed by atoms with van der Waals surface area (Å²) < 4.78 is 5.29. The highest BCUT2D eigenvalue weighted by atomic mass is 16.5. The molecule has 1 aliphatic rings. The highest BCUT2D eigenvalue weighted by Crippen LogP contribution is 2.02. The molecule has 0 atom stereocenters. The molecule has 0 amide bonds. The molecule has 0 radical (unpaired) electrons. The molecule has 1 aromatic heterocycles. The summed E-state index contributed by atoms with van der Waals surface area (Å²) >= 11 is 0. The second-order valence-electron chi connectivity index (χ2n) is 3.74. The third-order valence-electron chi connectivity index (χ3n) is 2.53. The molecule has 2 N–H and O–H groups in total. The van der Waals surface area contributed by atoms with E-state index in [2.05, 4.69) is 20.1 Å². The third-order valence-corrected chi connectivity index (χ3v) is 2.53. The van der Waals surface area contributed by atoms with Gasteiger partial charge in [-0.3, -0.25) is 14.8 Å². The van der Waals surface area contributed by atoms with Crippen molar-refractivity contribution in [3.05, 3.63) is 33.2 Å². The van der Waals surface area contributed by atoms with Gasteiger partial charge in [-0.1, -0.05) is 6.08 Å². The summed E-state index contributed by atoms with van der Waals surface area (Å²) in [5.41, 5.74) is 1.53. The Kier molecular flexibility index (Phi) is 3.76. The Bertz CT molecular complexity index is 586. The number of nitrogens with zero attached hydrogens (tertiary/aromatic N) is 3. The molecule has 0 aromatic carbocycles. The van der Waals surface area contributed by atoms with Gasteiger partial charge in [-0.25, -0.2) is 19.6 Å². The predicted molar refractivity (Wildman–Crippen MR) is 65.4 cm³/mol. The maximum Gasteiger partial charge on any atom is 0.354 e. The first kappa shape index (κ1) is 13.0. The van der Waals surface area contributed by atoms with Crippen molar-refractivity contribution in [3.63, 3.8) is 0 Å². The molecular formula is C10H13N5O4. The Morgan fingerprint density at radius 1 is 1.53 bits per heavy atom. The van der Waals surface area contributed by atoms with Gasteiger partial charge in [0.05, 0.1) is 13.5 Å². The highest BCUT2D eigenvalue weighted by Gasteiger charge is 2.13. The van der Waals surface area contributed by atoms with E-state index in [-0.39, 0.29) is 18.9 Å². The number of esters is 1. The Balaban J connectivity index is 2.22. The lowest BCUT2D eigenvalue weighted by atomic mass is 10.4. The van der Waals surface area contributed by atoms with E-state index in [0.29, 0.717) is 6.54 Å². The summed E-state index contributed by atoms with van der Waals surface area (Å²) in [6, 6.07) is 0. The molecule has 9 nitrogen and oxygen atoms in total. The average Bonchev–Trinajstić information content (AvgIpc) is 2.91. The van der Waals surface area contributed by atoms with Crippen LogP contribution >= 0.6 is 0 Å². The van der Waals surface area contributed by atoms with Crippen LogP contribution in [0.15, 0.2) is 21.9 Å². The zero-order chi connectivity index (χ0) is 13.8. The van der Waals surface area contributed by atoms with Gasteiger partial charge < -0.3 is 4.74 Å². The van der Waals surface area contributed by atoms with E-state index in [1.165, 1.54) is 12.1 Å². The molecule has 0 saturated carbocycles. The molecule has 19 heavy (non-hydrogen) atoms. The first-order valence-electron chi connectivity index (χ1n) is 5.59. The van der Waals surface area contributed by atoms with Crippen LogP contribution in [0.2, 0.25) is 0 Å². The first-order chi connectivity index (χ1) is 9.11. The number of rotatable bonds is 4. The number of methoxy groups -OCH3 is 1. The van der Waals surface area contributed by atoms with Gasteiger partial charge in [0.1, 0.15) is 0 Å². The third kappa shape index (κ3) is 2.88. The van der Waals surface area contributed by atoms with E-state index < -0.39 is 17.3 Å². The minimum atomic E-state index is -0.718. The van der Waals surface area contributed by atoms with Crippen molar-refractivity contribution in [3.8, 4) is 0 Å². The Morgan fingerprint density at radius 3 is 2.89 bits per heavy atom. The number of aromatic nitrogens is 3. The van der Waals surface area contributed by atoms with Gasteiger partial charge in [0.2, 0.25) is 5.95 Å². The normalized spacial score (nSPS) is 13.8. The maximum atomic E-state index is 11.8. The summed E-state index contributed by atoms with van der Waals surface area (Å²) in [4.78, 5) is 40.6. The number of anilines is 1. The monoisotopic (exact) mass is 267 g/mol. The minimum Gasteiger partial charge on any atom is -0.469 e. The standard InChI is InChI=1S/C10H13N5O4/c1-19-7(16)3-6-14-9(17)12-8(13-10(14)18)15-5-2-4-11-15/h2,5,11H,3-4,6H2,1H3,(H,12,13,17,18). The van der Waals surface area contributed by atoms with Gasteiger partial charge in [0, 0.05) is 19.3 Å². The number of carbonyl (C=O) groups is 1. The molecule has 0 aliphatic carbocycles. The Morgan fingerprint density at radius 2 is 2.32 bits per heavy atom. The van der Waals surface area contributed by atoms with Crippen LogP contribution in [-0.4, -0.2) is 34.2 Å². The minimum absolute atomic E-state index is 0.0671. The zero-order valence-corrected chi connectivity index (χ0v) is 10.3. The predicted octanol–water partition coefficient (Wildman–Crippen LogP) is -1.67. The fourth-order valence-electron chi connectivity index (χ4n) is 1.55. The van der Waals surface area contributed by atoms with Crippen LogP contribution in [0.1, 0.15) is 6.42 Å². The Labute approximate surface area is 107 Å². The van der Waals surface area contributed by atoms with E-state index in [1.54, 1.807) is 6.20 Å². The van der Waals surface area contributed by atoms with Crippen LogP contribution in [0.25, 0.3) is 0 Å². The number of ether oxygens (including phenoxy) is 1. The van der Waals surface area contributed by atoms with E-state index in [1.807, 2.05) is 6.08 Å². The maximum absolute atomic E-state index is 11.8. The number of aromatic amines is 1. The van der Waals surface area contributed by atoms with Crippen molar-refractivity contribution in [1.29, 1.82) is 0 Å². The molecule has 2 rings (SSSR count). The number of H-pyrrole nitrogens is 1. The van der Waals surface area contributed by atoms with Gasteiger partial charge in [-0.15, -0.1) is 0 Å². The van der Waals surface area contributed by atoms with E-state index >= 15 is 0 Å². The number of hydrogen-bond acceptors (Lipinski definition) is 7. The van der Waals surface area contributed by atoms with Crippen molar-refractivity contribution in [2.24, 2.45) is 0 Å². The van der Waals surface area contributed by atoms with Gasteiger partial charge in [-0.2, -0.15) is 4.98 Å². The van der Waals surface area contributed by atoms with Crippen LogP contribution in [0, 0.1) is 0 Å². The van der Waals surface area contributed by atoms with Crippen LogP contribution < -0.4 is 21.8 Å². The van der Waals surface area contributed by atoms with E-state index in [0.717, 1.165) is 4.57 Å². The summed E-state index contributed by atoms with van der Waals surface area (Å²) in [5.74, 6) is -0.391. The first-order valence-corrected chi connectivity index (χ1v) is 5.59. The van der Waals surface area contributed by atoms with Crippen LogP contribution in [-0.2, 0) is 16.1 Å². The molecule has 0 bridgehead atoms. The largest absolute Gasteiger partial charge is 0.469 e. The van der Waals surface area contributed by atoms with Crippen LogP contribution in [0.5, 0.6) is 0 Å². The fourth-order valence-corrected chi connectivity index (χ4v) is 1.55. The van der Waals surface area contributed by atoms with Crippen LogP contribution in [0.3, 0.4) is 0 Å². The van der Waals surface area contributed by atoms with Gasteiger partial charge in [0.25, 0.3) is 0 Å². The molecule has 1 aliphatic heterocycles. The summed E-state index contributed by atoms with van der Waals surface area (Å²) in [5, 5.41) is 1.44. The number of nitrogens with one attached hydrogen (secondary N) is 2. The number of hydrazine groups is 1. The molecule has 1 aromatic rings. The second kappa shape index (κ2) is 5.48.